The molecule has 1 unspecified atom stereocenters. The maximum Gasteiger partial charge on any atom is 0.490 e. The van der Waals surface area contributed by atoms with Crippen LogP contribution in [0.15, 0.2) is 42.7 Å². The number of carbonyl (C=O) groups excluding carboxylic acids is 2. The topological polar surface area (TPSA) is 131 Å². The summed E-state index contributed by atoms with van der Waals surface area (Å²) in [5, 5.41) is 14.2. The summed E-state index contributed by atoms with van der Waals surface area (Å²) in [4.78, 5) is 53.5. The molecule has 2 N–H and O–H groups in total. The number of halogens is 6. The fourth-order valence-corrected chi connectivity index (χ4v) is 4.24. The van der Waals surface area contributed by atoms with Gasteiger partial charge in [0.25, 0.3) is 5.91 Å². The van der Waals surface area contributed by atoms with Crippen molar-refractivity contribution in [3.63, 3.8) is 0 Å². The molecule has 1 atom stereocenters. The Morgan fingerprint density at radius 1 is 0.929 bits per heavy atom. The molecule has 4 rings (SSSR count). The molecule has 2 aliphatic rings. The largest absolute Gasteiger partial charge is 0.490 e. The third kappa shape index (κ3) is 8.64. The number of benzene rings is 1. The Bertz CT molecular complexity index is 1280. The SMILES string of the molecule is Cc1ccc(C(=O)N2CCC3(C2)CN(c2cccnc2)C(=O)CN3C)cc1C.O=C(O)C(F)(F)F.O=C(O)C(F)(F)F. The molecular weight excluding hydrogens is 578 g/mol. The van der Waals surface area contributed by atoms with E-state index in [-0.39, 0.29) is 17.4 Å². The number of likely N-dealkylation sites (N-methyl/N-ethyl adjacent to an activating group) is 1. The van der Waals surface area contributed by atoms with E-state index in [0.29, 0.717) is 26.2 Å². The number of hydrogen-bond acceptors (Lipinski definition) is 6. The van der Waals surface area contributed by atoms with Crippen molar-refractivity contribution in [1.29, 1.82) is 0 Å². The second kappa shape index (κ2) is 13.2. The summed E-state index contributed by atoms with van der Waals surface area (Å²) in [5.74, 6) is -5.38. The summed E-state index contributed by atoms with van der Waals surface area (Å²) in [6.07, 6.45) is -5.88. The van der Waals surface area contributed by atoms with Crippen molar-refractivity contribution in [3.8, 4) is 0 Å². The molecule has 230 valence electrons. The van der Waals surface area contributed by atoms with E-state index in [1.165, 1.54) is 5.56 Å². The lowest BCUT2D eigenvalue weighted by Gasteiger charge is -2.46. The van der Waals surface area contributed by atoms with Crippen molar-refractivity contribution < 1.29 is 55.7 Å². The average molecular weight is 607 g/mol. The fraction of sp³-hybridized carbons (Fsp3) is 0.423. The Balaban J connectivity index is 0.000000367. The van der Waals surface area contributed by atoms with Gasteiger partial charge in [-0.05, 0) is 62.7 Å². The van der Waals surface area contributed by atoms with Crippen LogP contribution >= 0.6 is 0 Å². The molecule has 16 heteroatoms. The lowest BCUT2D eigenvalue weighted by Crippen LogP contribution is -2.64. The third-order valence-electron chi connectivity index (χ3n) is 6.75. The van der Waals surface area contributed by atoms with Gasteiger partial charge in [0.05, 0.1) is 24.0 Å². The highest BCUT2D eigenvalue weighted by Crippen LogP contribution is 2.34. The fourth-order valence-electron chi connectivity index (χ4n) is 4.24. The number of aromatic nitrogens is 1. The number of likely N-dealkylation sites (tertiary alicyclic amines) is 1. The van der Waals surface area contributed by atoms with Crippen molar-refractivity contribution in [2.24, 2.45) is 0 Å². The van der Waals surface area contributed by atoms with Crippen LogP contribution in [0.1, 0.15) is 27.9 Å². The van der Waals surface area contributed by atoms with E-state index in [9.17, 15) is 35.9 Å². The molecule has 2 aromatic rings. The van der Waals surface area contributed by atoms with E-state index in [2.05, 4.69) is 16.8 Å². The Kier molecular flexibility index (Phi) is 10.7. The molecule has 1 spiro atoms. The van der Waals surface area contributed by atoms with E-state index in [1.54, 1.807) is 12.4 Å². The summed E-state index contributed by atoms with van der Waals surface area (Å²) in [6, 6.07) is 9.64. The summed E-state index contributed by atoms with van der Waals surface area (Å²) >= 11 is 0. The van der Waals surface area contributed by atoms with Gasteiger partial charge in [-0.15, -0.1) is 0 Å². The van der Waals surface area contributed by atoms with Crippen LogP contribution in [0.25, 0.3) is 0 Å². The lowest BCUT2D eigenvalue weighted by molar-refractivity contribution is -0.193. The molecule has 1 aromatic carbocycles. The second-order valence-corrected chi connectivity index (χ2v) is 9.65. The normalized spacial score (nSPS) is 19.0. The maximum atomic E-state index is 13.1. The zero-order valence-electron chi connectivity index (χ0n) is 22.7. The molecule has 3 heterocycles. The van der Waals surface area contributed by atoms with Crippen LogP contribution in [0, 0.1) is 13.8 Å². The number of carbonyl (C=O) groups is 4. The van der Waals surface area contributed by atoms with Crippen molar-refractivity contribution in [2.75, 3.05) is 38.1 Å². The van der Waals surface area contributed by atoms with Gasteiger partial charge in [0.15, 0.2) is 0 Å². The molecule has 0 aliphatic carbocycles. The van der Waals surface area contributed by atoms with E-state index in [1.807, 2.05) is 54.1 Å². The van der Waals surface area contributed by atoms with Crippen LogP contribution in [-0.4, -0.2) is 99.9 Å². The molecule has 0 saturated carbocycles. The molecule has 2 fully saturated rings. The maximum absolute atomic E-state index is 13.1. The first kappa shape index (κ1) is 34.0. The van der Waals surface area contributed by atoms with Gasteiger partial charge in [-0.3, -0.25) is 19.5 Å². The first-order valence-electron chi connectivity index (χ1n) is 12.2. The number of aliphatic carboxylic acids is 2. The Labute approximate surface area is 236 Å². The van der Waals surface area contributed by atoms with Crippen LogP contribution in [0.4, 0.5) is 32.0 Å². The average Bonchev–Trinajstić information content (AvgIpc) is 3.33. The number of anilines is 1. The summed E-state index contributed by atoms with van der Waals surface area (Å²) in [6.45, 7) is 6.33. The van der Waals surface area contributed by atoms with Gasteiger partial charge in [0, 0.05) is 31.4 Å². The number of hydrogen-bond donors (Lipinski definition) is 2. The second-order valence-electron chi connectivity index (χ2n) is 9.65. The van der Waals surface area contributed by atoms with Crippen LogP contribution in [0.5, 0.6) is 0 Å². The highest BCUT2D eigenvalue weighted by molar-refractivity contribution is 5.97. The van der Waals surface area contributed by atoms with E-state index in [0.717, 1.165) is 23.2 Å². The summed E-state index contributed by atoms with van der Waals surface area (Å²) in [5.41, 5.74) is 3.65. The van der Waals surface area contributed by atoms with E-state index in [4.69, 9.17) is 19.8 Å². The van der Waals surface area contributed by atoms with Crippen LogP contribution in [0.2, 0.25) is 0 Å². The predicted octanol–water partition coefficient (Wildman–Crippen LogP) is 3.53. The standard InChI is InChI=1S/C22H26N4O2.2C2HF3O2/c1-16-6-7-18(11-17(16)2)21(28)25-10-8-22(14-25)15-26(20(27)13-24(22)3)19-5-4-9-23-12-19;2*3-2(4,5)1(6)7/h4-7,9,11-12H,8,10,13-15H2,1-3H3;2*(H,6,7). The predicted molar refractivity (Wildman–Crippen MR) is 136 cm³/mol. The highest BCUT2D eigenvalue weighted by atomic mass is 19.4. The van der Waals surface area contributed by atoms with Gasteiger partial charge < -0.3 is 20.0 Å². The van der Waals surface area contributed by atoms with Gasteiger partial charge in [-0.2, -0.15) is 26.3 Å². The van der Waals surface area contributed by atoms with Crippen molar-refractivity contribution in [2.45, 2.75) is 38.2 Å². The van der Waals surface area contributed by atoms with Crippen molar-refractivity contribution >= 4 is 29.4 Å². The summed E-state index contributed by atoms with van der Waals surface area (Å²) in [7, 11) is 1.99. The number of carboxylic acid groups (broad SMARTS) is 2. The van der Waals surface area contributed by atoms with Gasteiger partial charge in [0.2, 0.25) is 5.91 Å². The number of pyridine rings is 1. The molecule has 42 heavy (non-hydrogen) atoms. The van der Waals surface area contributed by atoms with Crippen LogP contribution < -0.4 is 4.90 Å². The lowest BCUT2D eigenvalue weighted by atomic mass is 9.92. The van der Waals surface area contributed by atoms with Crippen molar-refractivity contribution in [3.05, 3.63) is 59.4 Å². The highest BCUT2D eigenvalue weighted by Gasteiger charge is 2.48. The first-order chi connectivity index (χ1) is 19.3. The number of nitrogens with zero attached hydrogens (tertiary/aromatic N) is 4. The molecule has 0 bridgehead atoms. The Morgan fingerprint density at radius 3 is 1.98 bits per heavy atom. The summed E-state index contributed by atoms with van der Waals surface area (Å²) < 4.78 is 63.5. The molecule has 2 saturated heterocycles. The third-order valence-corrected chi connectivity index (χ3v) is 6.75. The van der Waals surface area contributed by atoms with Crippen LogP contribution in [-0.2, 0) is 14.4 Å². The number of aryl methyl sites for hydroxylation is 2. The molecule has 1 aromatic heterocycles. The first-order valence-corrected chi connectivity index (χ1v) is 12.2. The van der Waals surface area contributed by atoms with Gasteiger partial charge in [-0.1, -0.05) is 6.07 Å². The molecule has 2 amide bonds. The molecule has 0 radical (unpaired) electrons. The van der Waals surface area contributed by atoms with E-state index < -0.39 is 24.3 Å². The van der Waals surface area contributed by atoms with Crippen molar-refractivity contribution in [1.82, 2.24) is 14.8 Å². The van der Waals surface area contributed by atoms with Gasteiger partial charge >= 0.3 is 24.3 Å². The van der Waals surface area contributed by atoms with Crippen LogP contribution in [0.3, 0.4) is 0 Å². The minimum absolute atomic E-state index is 0.0678. The number of carboxylic acids is 2. The molecule has 10 nitrogen and oxygen atoms in total. The zero-order valence-corrected chi connectivity index (χ0v) is 22.7. The number of piperazine rings is 1. The smallest absolute Gasteiger partial charge is 0.475 e. The quantitative estimate of drug-likeness (QED) is 0.497. The molecule has 2 aliphatic heterocycles. The molecular formula is C26H28F6N4O6. The van der Waals surface area contributed by atoms with Gasteiger partial charge in [-0.25, -0.2) is 9.59 Å². The minimum Gasteiger partial charge on any atom is -0.475 e. The Hall–Kier alpha value is -4.21. The number of amides is 2. The Morgan fingerprint density at radius 2 is 1.50 bits per heavy atom. The van der Waals surface area contributed by atoms with E-state index >= 15 is 0 Å². The zero-order chi connectivity index (χ0) is 32.0. The number of rotatable bonds is 2. The minimum atomic E-state index is -5.08. The van der Waals surface area contributed by atoms with Gasteiger partial charge in [0.1, 0.15) is 0 Å². The monoisotopic (exact) mass is 606 g/mol. The number of alkyl halides is 6.